The molecule has 0 aromatic carbocycles. The minimum absolute atomic E-state index is 0.0410. The van der Waals surface area contributed by atoms with E-state index in [0.29, 0.717) is 5.41 Å². The molecule has 176 valence electrons. The van der Waals surface area contributed by atoms with E-state index in [1.165, 1.54) is 83.1 Å². The van der Waals surface area contributed by atoms with Crippen LogP contribution in [0.15, 0.2) is 5.16 Å². The van der Waals surface area contributed by atoms with Gasteiger partial charge in [0.05, 0.1) is 11.8 Å². The molecule has 5 fully saturated rings. The van der Waals surface area contributed by atoms with E-state index in [9.17, 15) is 5.11 Å². The van der Waals surface area contributed by atoms with Gasteiger partial charge >= 0.3 is 0 Å². The van der Waals surface area contributed by atoms with Crippen molar-refractivity contribution in [2.75, 3.05) is 26.2 Å². The molecule has 4 nitrogen and oxygen atoms in total. The Morgan fingerprint density at radius 3 is 2.68 bits per heavy atom. The lowest BCUT2D eigenvalue weighted by molar-refractivity contribution is -0.114. The van der Waals surface area contributed by atoms with E-state index in [4.69, 9.17) is 9.99 Å². The van der Waals surface area contributed by atoms with Crippen LogP contribution in [0.1, 0.15) is 97.3 Å². The molecule has 5 aliphatic rings. The highest BCUT2D eigenvalue weighted by atomic mass is 16.6. The second kappa shape index (κ2) is 8.97. The fourth-order valence-corrected chi connectivity index (χ4v) is 8.83. The van der Waals surface area contributed by atoms with Crippen molar-refractivity contribution in [1.29, 1.82) is 0 Å². The predicted molar refractivity (Wildman–Crippen MR) is 126 cm³/mol. The van der Waals surface area contributed by atoms with Crippen molar-refractivity contribution in [2.45, 2.75) is 103 Å². The van der Waals surface area contributed by atoms with Gasteiger partial charge < -0.3 is 14.8 Å². The van der Waals surface area contributed by atoms with Crippen LogP contribution in [0.5, 0.6) is 0 Å². The zero-order valence-corrected chi connectivity index (χ0v) is 20.2. The van der Waals surface area contributed by atoms with E-state index in [1.54, 1.807) is 0 Å². The molecular weight excluding hydrogens is 384 g/mol. The summed E-state index contributed by atoms with van der Waals surface area (Å²) in [5, 5.41) is 15.0. The van der Waals surface area contributed by atoms with Crippen LogP contribution in [0.4, 0.5) is 0 Å². The summed E-state index contributed by atoms with van der Waals surface area (Å²) in [5.74, 6) is 3.27. The molecule has 7 atom stereocenters. The van der Waals surface area contributed by atoms with Gasteiger partial charge in [0.1, 0.15) is 6.61 Å². The lowest BCUT2D eigenvalue weighted by Crippen LogP contribution is -2.54. The molecule has 5 rings (SSSR count). The van der Waals surface area contributed by atoms with Gasteiger partial charge in [0.15, 0.2) is 0 Å². The van der Waals surface area contributed by atoms with Crippen LogP contribution in [0, 0.1) is 34.5 Å². The quantitative estimate of drug-likeness (QED) is 0.453. The average Bonchev–Trinajstić information content (AvgIpc) is 3.11. The SMILES string of the molecule is C[C@]12CC[C@H](O)C[C@@H]1CC[C@@H]1[C@@H]2CC[C@]2(C)/C(=N\OCCCN3CCCCC3)CC[C@@H]12. The smallest absolute Gasteiger partial charge is 0.118 e. The molecule has 4 aliphatic carbocycles. The molecule has 31 heavy (non-hydrogen) atoms. The minimum atomic E-state index is -0.0410. The molecule has 4 heteroatoms. The average molecular weight is 431 g/mol. The van der Waals surface area contributed by atoms with Gasteiger partial charge in [-0.05, 0) is 119 Å². The topological polar surface area (TPSA) is 45.1 Å². The number of likely N-dealkylation sites (tertiary alicyclic amines) is 1. The molecule has 0 unspecified atom stereocenters. The third kappa shape index (κ3) is 4.09. The van der Waals surface area contributed by atoms with E-state index >= 15 is 0 Å². The molecular formula is C27H46N2O2. The van der Waals surface area contributed by atoms with Gasteiger partial charge in [0, 0.05) is 12.0 Å². The molecule has 1 N–H and O–H groups in total. The Morgan fingerprint density at radius 1 is 1.00 bits per heavy atom. The number of oxime groups is 1. The first-order valence-electron chi connectivity index (χ1n) is 13.6. The molecule has 1 saturated heterocycles. The van der Waals surface area contributed by atoms with Crippen molar-refractivity contribution in [2.24, 2.45) is 39.7 Å². The van der Waals surface area contributed by atoms with E-state index < -0.39 is 0 Å². The Hall–Kier alpha value is -0.610. The maximum atomic E-state index is 10.2. The van der Waals surface area contributed by atoms with Crippen molar-refractivity contribution >= 4 is 5.71 Å². The highest BCUT2D eigenvalue weighted by molar-refractivity contribution is 5.92. The van der Waals surface area contributed by atoms with Crippen LogP contribution in [0.2, 0.25) is 0 Å². The van der Waals surface area contributed by atoms with E-state index in [-0.39, 0.29) is 11.5 Å². The van der Waals surface area contributed by atoms with Gasteiger partial charge in [0.2, 0.25) is 0 Å². The van der Waals surface area contributed by atoms with Gasteiger partial charge in [0.25, 0.3) is 0 Å². The molecule has 0 bridgehead atoms. The molecule has 0 aromatic rings. The fourth-order valence-electron chi connectivity index (χ4n) is 8.83. The van der Waals surface area contributed by atoms with Crippen molar-refractivity contribution in [3.63, 3.8) is 0 Å². The highest BCUT2D eigenvalue weighted by Crippen LogP contribution is 2.65. The highest BCUT2D eigenvalue weighted by Gasteiger charge is 2.59. The summed E-state index contributed by atoms with van der Waals surface area (Å²) in [6.07, 6.45) is 16.3. The fraction of sp³-hybridized carbons (Fsp3) is 0.963. The van der Waals surface area contributed by atoms with Crippen LogP contribution in [-0.4, -0.2) is 48.1 Å². The van der Waals surface area contributed by atoms with Gasteiger partial charge in [-0.1, -0.05) is 25.4 Å². The van der Waals surface area contributed by atoms with E-state index in [0.717, 1.165) is 56.0 Å². The summed E-state index contributed by atoms with van der Waals surface area (Å²) in [5.41, 5.74) is 2.11. The third-order valence-corrected chi connectivity index (χ3v) is 10.7. The zero-order chi connectivity index (χ0) is 21.5. The second-order valence-electron chi connectivity index (χ2n) is 12.2. The van der Waals surface area contributed by atoms with Crippen molar-refractivity contribution in [3.05, 3.63) is 0 Å². The number of fused-ring (bicyclic) bond motifs is 5. The van der Waals surface area contributed by atoms with Gasteiger partial charge in [-0.25, -0.2) is 0 Å². The maximum absolute atomic E-state index is 10.2. The Kier molecular flexibility index (Phi) is 6.42. The lowest BCUT2D eigenvalue weighted by Gasteiger charge is -2.60. The van der Waals surface area contributed by atoms with Gasteiger partial charge in [-0.3, -0.25) is 0 Å². The standard InChI is InChI=1S/C27H46N2O2/c1-26-13-11-21(30)19-20(26)7-8-22-23-9-10-25(27(23,2)14-12-24(22)26)28-31-18-6-17-29-15-4-3-5-16-29/h20-24,30H,3-19H2,1-2H3/b28-25-/t20-,21-,22-,23-,24-,26-,27-/m0/s1. The molecule has 0 spiro atoms. The zero-order valence-electron chi connectivity index (χ0n) is 20.2. The predicted octanol–water partition coefficient (Wildman–Crippen LogP) is 5.64. The number of hydrogen-bond donors (Lipinski definition) is 1. The Morgan fingerprint density at radius 2 is 1.84 bits per heavy atom. The summed E-state index contributed by atoms with van der Waals surface area (Å²) >= 11 is 0. The van der Waals surface area contributed by atoms with Crippen LogP contribution in [0.25, 0.3) is 0 Å². The lowest BCUT2D eigenvalue weighted by atomic mass is 9.45. The Balaban J connectivity index is 1.18. The summed E-state index contributed by atoms with van der Waals surface area (Å²) in [6, 6.07) is 0. The van der Waals surface area contributed by atoms with Crippen LogP contribution >= 0.6 is 0 Å². The number of hydrogen-bond acceptors (Lipinski definition) is 4. The Bertz CT molecular complexity index is 660. The molecule has 4 saturated carbocycles. The van der Waals surface area contributed by atoms with Crippen molar-refractivity contribution < 1.29 is 9.94 Å². The minimum Gasteiger partial charge on any atom is -0.396 e. The summed E-state index contributed by atoms with van der Waals surface area (Å²) in [4.78, 5) is 8.50. The largest absolute Gasteiger partial charge is 0.396 e. The maximum Gasteiger partial charge on any atom is 0.118 e. The molecule has 0 radical (unpaired) electrons. The summed E-state index contributed by atoms with van der Waals surface area (Å²) < 4.78 is 0. The summed E-state index contributed by atoms with van der Waals surface area (Å²) in [7, 11) is 0. The summed E-state index contributed by atoms with van der Waals surface area (Å²) in [6.45, 7) is 9.58. The van der Waals surface area contributed by atoms with Gasteiger partial charge in [-0.2, -0.15) is 0 Å². The Labute approximate surface area is 190 Å². The van der Waals surface area contributed by atoms with Crippen LogP contribution in [0.3, 0.4) is 0 Å². The number of piperidine rings is 1. The first-order chi connectivity index (χ1) is 15.0. The van der Waals surface area contributed by atoms with Crippen molar-refractivity contribution in [1.82, 2.24) is 4.90 Å². The third-order valence-electron chi connectivity index (χ3n) is 10.7. The van der Waals surface area contributed by atoms with Crippen LogP contribution < -0.4 is 0 Å². The van der Waals surface area contributed by atoms with Crippen LogP contribution in [-0.2, 0) is 4.84 Å². The normalized spacial score (nSPS) is 46.9. The molecule has 1 heterocycles. The second-order valence-corrected chi connectivity index (χ2v) is 12.2. The first kappa shape index (κ1) is 22.2. The monoisotopic (exact) mass is 430 g/mol. The number of aliphatic hydroxyl groups is 1. The van der Waals surface area contributed by atoms with E-state index in [2.05, 4.69) is 18.7 Å². The molecule has 1 aliphatic heterocycles. The number of nitrogens with zero attached hydrogens (tertiary/aromatic N) is 2. The van der Waals surface area contributed by atoms with Gasteiger partial charge in [-0.15, -0.1) is 0 Å². The molecule has 0 aromatic heterocycles. The first-order valence-corrected chi connectivity index (χ1v) is 13.6. The van der Waals surface area contributed by atoms with Crippen molar-refractivity contribution in [3.8, 4) is 0 Å². The molecule has 0 amide bonds. The number of rotatable bonds is 5. The number of aliphatic hydroxyl groups excluding tert-OH is 1. The van der Waals surface area contributed by atoms with E-state index in [1.807, 2.05) is 0 Å².